The van der Waals surface area contributed by atoms with Crippen molar-refractivity contribution in [2.75, 3.05) is 13.7 Å². The van der Waals surface area contributed by atoms with Crippen LogP contribution in [0.25, 0.3) is 0 Å². The molecular formula is C20H21BrCl2N2O3. The second kappa shape index (κ2) is 10.1. The molecule has 0 aliphatic rings. The maximum atomic E-state index is 12.9. The molecule has 5 nitrogen and oxygen atoms in total. The minimum absolute atomic E-state index is 0.0919. The highest BCUT2D eigenvalue weighted by molar-refractivity contribution is 9.10. The Bertz CT molecular complexity index is 856. The van der Waals surface area contributed by atoms with Gasteiger partial charge in [-0.2, -0.15) is 0 Å². The monoisotopic (exact) mass is 486 g/mol. The van der Waals surface area contributed by atoms with Crippen molar-refractivity contribution in [1.29, 1.82) is 0 Å². The third-order valence-corrected chi connectivity index (χ3v) is 5.89. The van der Waals surface area contributed by atoms with Crippen LogP contribution >= 0.6 is 39.1 Å². The predicted molar refractivity (Wildman–Crippen MR) is 115 cm³/mol. The first-order valence-electron chi connectivity index (χ1n) is 8.57. The summed E-state index contributed by atoms with van der Waals surface area (Å²) in [6.07, 6.45) is 0. The number of amides is 2. The number of nitrogens with one attached hydrogen (secondary N) is 1. The molecule has 2 aromatic rings. The van der Waals surface area contributed by atoms with Crippen molar-refractivity contribution in [2.45, 2.75) is 26.4 Å². The van der Waals surface area contributed by atoms with Crippen LogP contribution in [0.15, 0.2) is 40.9 Å². The zero-order valence-electron chi connectivity index (χ0n) is 15.8. The van der Waals surface area contributed by atoms with E-state index in [1.165, 1.54) is 11.9 Å². The van der Waals surface area contributed by atoms with Crippen molar-refractivity contribution in [3.8, 4) is 5.75 Å². The Morgan fingerprint density at radius 3 is 2.43 bits per heavy atom. The van der Waals surface area contributed by atoms with Gasteiger partial charge in [0.1, 0.15) is 11.8 Å². The highest BCUT2D eigenvalue weighted by Crippen LogP contribution is 2.27. The number of carbonyl (C=O) groups excluding carboxylic acids is 2. The third-order valence-electron chi connectivity index (χ3n) is 4.30. The van der Waals surface area contributed by atoms with Crippen LogP contribution in [0, 0.1) is 6.92 Å². The normalized spacial score (nSPS) is 11.6. The van der Waals surface area contributed by atoms with Crippen LogP contribution in [0.5, 0.6) is 5.75 Å². The first kappa shape index (κ1) is 22.5. The summed E-state index contributed by atoms with van der Waals surface area (Å²) < 4.78 is 6.59. The SMILES string of the molecule is CNC(=O)C(C)N(Cc1c(Cl)cccc1Cl)C(=O)COc1ccc(Br)c(C)c1. The molecule has 0 aromatic heterocycles. The molecule has 150 valence electrons. The van der Waals surface area contributed by atoms with Gasteiger partial charge in [-0.1, -0.05) is 45.2 Å². The van der Waals surface area contributed by atoms with Crippen molar-refractivity contribution < 1.29 is 14.3 Å². The molecule has 1 unspecified atom stereocenters. The molecule has 2 rings (SSSR count). The Morgan fingerprint density at radius 2 is 1.86 bits per heavy atom. The van der Waals surface area contributed by atoms with Crippen LogP contribution in [0.2, 0.25) is 10.0 Å². The summed E-state index contributed by atoms with van der Waals surface area (Å²) >= 11 is 15.9. The number of hydrogen-bond acceptors (Lipinski definition) is 3. The number of nitrogens with zero attached hydrogens (tertiary/aromatic N) is 1. The number of ether oxygens (including phenoxy) is 1. The van der Waals surface area contributed by atoms with Crippen molar-refractivity contribution in [2.24, 2.45) is 0 Å². The second-order valence-corrected chi connectivity index (χ2v) is 7.88. The fraction of sp³-hybridized carbons (Fsp3) is 0.300. The van der Waals surface area contributed by atoms with Gasteiger partial charge in [-0.25, -0.2) is 0 Å². The van der Waals surface area contributed by atoms with Crippen molar-refractivity contribution in [3.63, 3.8) is 0 Å². The number of hydrogen-bond donors (Lipinski definition) is 1. The van der Waals surface area contributed by atoms with E-state index in [0.29, 0.717) is 21.4 Å². The number of halogens is 3. The number of rotatable bonds is 7. The zero-order chi connectivity index (χ0) is 20.8. The average molecular weight is 488 g/mol. The minimum Gasteiger partial charge on any atom is -0.484 e. The van der Waals surface area contributed by atoms with E-state index in [1.54, 1.807) is 31.2 Å². The molecule has 1 atom stereocenters. The van der Waals surface area contributed by atoms with E-state index < -0.39 is 6.04 Å². The Hall–Kier alpha value is -1.76. The van der Waals surface area contributed by atoms with Crippen molar-refractivity contribution in [1.82, 2.24) is 10.2 Å². The molecule has 0 aliphatic heterocycles. The van der Waals surface area contributed by atoms with E-state index in [0.717, 1.165) is 10.0 Å². The Balaban J connectivity index is 2.21. The molecule has 0 saturated heterocycles. The molecule has 0 radical (unpaired) electrons. The van der Waals surface area contributed by atoms with Gasteiger partial charge in [-0.3, -0.25) is 9.59 Å². The summed E-state index contributed by atoms with van der Waals surface area (Å²) in [7, 11) is 1.52. The van der Waals surface area contributed by atoms with E-state index in [9.17, 15) is 9.59 Å². The van der Waals surface area contributed by atoms with Gasteiger partial charge in [0, 0.05) is 33.7 Å². The summed E-state index contributed by atoms with van der Waals surface area (Å²) in [6, 6.07) is 9.83. The van der Waals surface area contributed by atoms with Gasteiger partial charge in [-0.05, 0) is 49.7 Å². The second-order valence-electron chi connectivity index (χ2n) is 6.21. The molecule has 0 heterocycles. The Morgan fingerprint density at radius 1 is 1.21 bits per heavy atom. The molecule has 0 bridgehead atoms. The van der Waals surface area contributed by atoms with E-state index in [-0.39, 0.29) is 25.0 Å². The summed E-state index contributed by atoms with van der Waals surface area (Å²) in [5, 5.41) is 3.42. The van der Waals surface area contributed by atoms with Gasteiger partial charge < -0.3 is 15.0 Å². The van der Waals surface area contributed by atoms with Gasteiger partial charge in [0.25, 0.3) is 5.91 Å². The molecule has 0 aliphatic carbocycles. The zero-order valence-corrected chi connectivity index (χ0v) is 18.9. The average Bonchev–Trinajstić information content (AvgIpc) is 2.67. The lowest BCUT2D eigenvalue weighted by Gasteiger charge is -2.29. The van der Waals surface area contributed by atoms with Crippen LogP contribution in [-0.4, -0.2) is 36.4 Å². The topological polar surface area (TPSA) is 58.6 Å². The maximum Gasteiger partial charge on any atom is 0.261 e. The number of aryl methyl sites for hydroxylation is 1. The fourth-order valence-corrected chi connectivity index (χ4v) is 3.34. The van der Waals surface area contributed by atoms with E-state index in [4.69, 9.17) is 27.9 Å². The molecular weight excluding hydrogens is 467 g/mol. The van der Waals surface area contributed by atoms with Gasteiger partial charge in [0.2, 0.25) is 5.91 Å². The van der Waals surface area contributed by atoms with E-state index in [1.807, 2.05) is 19.1 Å². The largest absolute Gasteiger partial charge is 0.484 e. The van der Waals surface area contributed by atoms with Gasteiger partial charge in [0.05, 0.1) is 0 Å². The first-order valence-corrected chi connectivity index (χ1v) is 10.1. The molecule has 0 spiro atoms. The molecule has 28 heavy (non-hydrogen) atoms. The summed E-state index contributed by atoms with van der Waals surface area (Å²) in [4.78, 5) is 26.4. The molecule has 2 amide bonds. The highest BCUT2D eigenvalue weighted by atomic mass is 79.9. The third kappa shape index (κ3) is 5.63. The maximum absolute atomic E-state index is 12.9. The van der Waals surface area contributed by atoms with Crippen LogP contribution in [-0.2, 0) is 16.1 Å². The number of likely N-dealkylation sites (N-methyl/N-ethyl adjacent to an activating group) is 1. The van der Waals surface area contributed by atoms with Crippen LogP contribution in [0.3, 0.4) is 0 Å². The molecule has 0 fully saturated rings. The van der Waals surface area contributed by atoms with Gasteiger partial charge in [0.15, 0.2) is 6.61 Å². The smallest absolute Gasteiger partial charge is 0.261 e. The predicted octanol–water partition coefficient (Wildman–Crippen LogP) is 4.61. The lowest BCUT2D eigenvalue weighted by molar-refractivity contribution is -0.142. The highest BCUT2D eigenvalue weighted by Gasteiger charge is 2.27. The Labute approximate surface area is 183 Å². The molecule has 8 heteroatoms. The minimum atomic E-state index is -0.722. The van der Waals surface area contributed by atoms with E-state index in [2.05, 4.69) is 21.2 Å². The standard InChI is InChI=1S/C20H21BrCl2N2O3/c1-12-9-14(7-8-16(12)21)28-11-19(26)25(13(2)20(27)24-3)10-15-17(22)5-4-6-18(15)23/h4-9,13H,10-11H2,1-3H3,(H,24,27). The van der Waals surface area contributed by atoms with Gasteiger partial charge >= 0.3 is 0 Å². The first-order chi connectivity index (χ1) is 13.2. The summed E-state index contributed by atoms with van der Waals surface area (Å²) in [5.41, 5.74) is 1.57. The van der Waals surface area contributed by atoms with Crippen LogP contribution in [0.1, 0.15) is 18.1 Å². The molecule has 1 N–H and O–H groups in total. The number of carbonyl (C=O) groups is 2. The van der Waals surface area contributed by atoms with Gasteiger partial charge in [-0.15, -0.1) is 0 Å². The van der Waals surface area contributed by atoms with E-state index >= 15 is 0 Å². The van der Waals surface area contributed by atoms with Crippen LogP contribution < -0.4 is 10.1 Å². The quantitative estimate of drug-likeness (QED) is 0.620. The fourth-order valence-electron chi connectivity index (χ4n) is 2.58. The van der Waals surface area contributed by atoms with Crippen molar-refractivity contribution in [3.05, 3.63) is 62.0 Å². The van der Waals surface area contributed by atoms with Crippen molar-refractivity contribution >= 4 is 50.9 Å². The van der Waals surface area contributed by atoms with Crippen LogP contribution in [0.4, 0.5) is 0 Å². The number of benzene rings is 2. The lowest BCUT2D eigenvalue weighted by atomic mass is 10.1. The molecule has 2 aromatic carbocycles. The summed E-state index contributed by atoms with van der Waals surface area (Å²) in [6.45, 7) is 3.45. The Kier molecular flexibility index (Phi) is 8.16. The summed E-state index contributed by atoms with van der Waals surface area (Å²) in [5.74, 6) is -0.0824. The molecule has 0 saturated carbocycles. The lowest BCUT2D eigenvalue weighted by Crippen LogP contribution is -2.48.